The molecular formula is C68H44N2O. The van der Waals surface area contributed by atoms with E-state index in [9.17, 15) is 0 Å². The second-order valence-corrected chi connectivity index (χ2v) is 18.4. The zero-order valence-electron chi connectivity index (χ0n) is 38.7. The first-order valence-corrected chi connectivity index (χ1v) is 24.3. The van der Waals surface area contributed by atoms with Gasteiger partial charge in [0, 0.05) is 49.6 Å². The lowest BCUT2D eigenvalue weighted by Gasteiger charge is -2.29. The Morgan fingerprint density at radius 1 is 0.296 bits per heavy atom. The minimum Gasteiger partial charge on any atom is -0.455 e. The summed E-state index contributed by atoms with van der Waals surface area (Å²) in [6.45, 7) is 0. The van der Waals surface area contributed by atoms with Crippen molar-refractivity contribution in [2.45, 2.75) is 0 Å². The maximum Gasteiger partial charge on any atom is 0.143 e. The minimum atomic E-state index is 0.890. The van der Waals surface area contributed by atoms with Crippen LogP contribution in [0.1, 0.15) is 0 Å². The van der Waals surface area contributed by atoms with E-state index in [1.54, 1.807) is 0 Å². The van der Waals surface area contributed by atoms with Gasteiger partial charge in [0.2, 0.25) is 0 Å². The average molecular weight is 905 g/mol. The molecular weight excluding hydrogens is 861 g/mol. The molecule has 71 heavy (non-hydrogen) atoms. The Morgan fingerprint density at radius 2 is 0.859 bits per heavy atom. The van der Waals surface area contributed by atoms with Crippen molar-refractivity contribution in [2.75, 3.05) is 4.90 Å². The lowest BCUT2D eigenvalue weighted by molar-refractivity contribution is 0.670. The molecule has 3 heteroatoms. The molecule has 0 aliphatic carbocycles. The van der Waals surface area contributed by atoms with Crippen LogP contribution in [0.2, 0.25) is 0 Å². The molecule has 0 fully saturated rings. The second-order valence-electron chi connectivity index (χ2n) is 18.4. The number of rotatable bonds is 8. The Hall–Kier alpha value is -9.44. The molecule has 2 heterocycles. The van der Waals surface area contributed by atoms with E-state index in [2.05, 4.69) is 270 Å². The van der Waals surface area contributed by atoms with E-state index in [0.29, 0.717) is 0 Å². The number of fused-ring (bicyclic) bond motifs is 9. The van der Waals surface area contributed by atoms with E-state index in [4.69, 9.17) is 4.42 Å². The van der Waals surface area contributed by atoms with Gasteiger partial charge in [-0.25, -0.2) is 0 Å². The van der Waals surface area contributed by atoms with Crippen LogP contribution in [0.3, 0.4) is 0 Å². The van der Waals surface area contributed by atoms with E-state index in [-0.39, 0.29) is 0 Å². The Labute approximate surface area is 411 Å². The monoisotopic (exact) mass is 904 g/mol. The lowest BCUT2D eigenvalue weighted by atomic mass is 9.91. The highest BCUT2D eigenvalue weighted by molar-refractivity contribution is 6.15. The SMILES string of the molecule is c1cc(-c2cccc3c2oc2ccccc23)cc(N(c2ccc(-c3ccccc3-c3ccccc3-n3c4ccccc4c4ccccc43)cc2)c2ccccc2-c2cc3ccccc3c3ccccc23)c1. The second kappa shape index (κ2) is 16.7. The maximum absolute atomic E-state index is 6.61. The average Bonchev–Trinajstić information content (AvgIpc) is 4.00. The standard InChI is InChI=1S/C68H44N2O/c1-2-23-51-47(19-1)44-62(55-26-6-5-24-53(51)55)59-30-10-12-34-63(59)69(49-21-17-20-46(43-49)52-32-18-33-61-60-31-11-16-38-67(60)71-68(52)61)48-41-39-45(40-42-48)50-22-3-4-25-54(50)56-27-7-13-35-64(56)70-65-36-14-8-28-57(65)58-29-9-15-37-66(58)70/h1-44H. The number of aromatic nitrogens is 1. The zero-order chi connectivity index (χ0) is 46.8. The van der Waals surface area contributed by atoms with Crippen molar-refractivity contribution in [2.24, 2.45) is 0 Å². The van der Waals surface area contributed by atoms with Gasteiger partial charge < -0.3 is 13.9 Å². The van der Waals surface area contributed by atoms with Gasteiger partial charge in [0.05, 0.1) is 22.4 Å². The third-order valence-corrected chi connectivity index (χ3v) is 14.4. The van der Waals surface area contributed by atoms with Crippen molar-refractivity contribution in [1.82, 2.24) is 4.57 Å². The number of anilines is 3. The van der Waals surface area contributed by atoms with Crippen molar-refractivity contribution in [3.8, 4) is 50.2 Å². The summed E-state index contributed by atoms with van der Waals surface area (Å²) in [5.74, 6) is 0. The minimum absolute atomic E-state index is 0.890. The summed E-state index contributed by atoms with van der Waals surface area (Å²) in [4.78, 5) is 2.43. The first-order valence-electron chi connectivity index (χ1n) is 24.3. The third-order valence-electron chi connectivity index (χ3n) is 14.4. The van der Waals surface area contributed by atoms with Crippen LogP contribution in [-0.2, 0) is 0 Å². The number of nitrogens with zero attached hydrogens (tertiary/aromatic N) is 2. The lowest BCUT2D eigenvalue weighted by Crippen LogP contribution is -2.11. The number of benzene rings is 12. The largest absolute Gasteiger partial charge is 0.455 e. The van der Waals surface area contributed by atoms with Crippen molar-refractivity contribution in [1.29, 1.82) is 0 Å². The van der Waals surface area contributed by atoms with Crippen molar-refractivity contribution in [3.63, 3.8) is 0 Å². The van der Waals surface area contributed by atoms with E-state index < -0.39 is 0 Å². The molecule has 2 aromatic heterocycles. The van der Waals surface area contributed by atoms with Gasteiger partial charge in [0.15, 0.2) is 0 Å². The van der Waals surface area contributed by atoms with Crippen molar-refractivity contribution < 1.29 is 4.42 Å². The van der Waals surface area contributed by atoms with E-state index in [0.717, 1.165) is 66.9 Å². The van der Waals surface area contributed by atoms with Gasteiger partial charge in [-0.15, -0.1) is 0 Å². The summed E-state index contributed by atoms with van der Waals surface area (Å²) in [6.07, 6.45) is 0. The quantitative estimate of drug-likeness (QED) is 0.142. The van der Waals surface area contributed by atoms with Crippen LogP contribution in [0.5, 0.6) is 0 Å². The molecule has 14 aromatic rings. The van der Waals surface area contributed by atoms with Gasteiger partial charge in [-0.1, -0.05) is 206 Å². The van der Waals surface area contributed by atoms with Crippen molar-refractivity contribution in [3.05, 3.63) is 267 Å². The van der Waals surface area contributed by atoms with Gasteiger partial charge in [0.25, 0.3) is 0 Å². The summed E-state index contributed by atoms with van der Waals surface area (Å²) in [7, 11) is 0. The van der Waals surface area contributed by atoms with Gasteiger partial charge >= 0.3 is 0 Å². The molecule has 0 radical (unpaired) electrons. The normalized spacial score (nSPS) is 11.7. The van der Waals surface area contributed by atoms with Crippen LogP contribution in [0.15, 0.2) is 271 Å². The molecule has 12 aromatic carbocycles. The Morgan fingerprint density at radius 3 is 1.65 bits per heavy atom. The van der Waals surface area contributed by atoms with Crippen LogP contribution in [0.25, 0.3) is 115 Å². The molecule has 0 amide bonds. The highest BCUT2D eigenvalue weighted by atomic mass is 16.3. The smallest absolute Gasteiger partial charge is 0.143 e. The molecule has 14 rings (SSSR count). The predicted octanol–water partition coefficient (Wildman–Crippen LogP) is 19.1. The van der Waals surface area contributed by atoms with Crippen molar-refractivity contribution >= 4 is 82.4 Å². The first-order chi connectivity index (χ1) is 35.2. The molecule has 0 N–H and O–H groups in total. The number of para-hydroxylation sites is 6. The van der Waals surface area contributed by atoms with E-state index in [1.165, 1.54) is 65.6 Å². The van der Waals surface area contributed by atoms with Crippen LogP contribution >= 0.6 is 0 Å². The molecule has 0 unspecified atom stereocenters. The molecule has 0 saturated carbocycles. The van der Waals surface area contributed by atoms with Gasteiger partial charge in [-0.3, -0.25) is 0 Å². The molecule has 0 spiro atoms. The summed E-state index contributed by atoms with van der Waals surface area (Å²) in [6, 6.07) is 96.7. The van der Waals surface area contributed by atoms with Crippen LogP contribution < -0.4 is 4.90 Å². The Bertz CT molecular complexity index is 4310. The van der Waals surface area contributed by atoms with Crippen LogP contribution in [-0.4, -0.2) is 4.57 Å². The van der Waals surface area contributed by atoms with Gasteiger partial charge in [-0.2, -0.15) is 0 Å². The highest BCUT2D eigenvalue weighted by Gasteiger charge is 2.22. The van der Waals surface area contributed by atoms with E-state index in [1.807, 2.05) is 6.07 Å². The fourth-order valence-electron chi connectivity index (χ4n) is 11.2. The third kappa shape index (κ3) is 6.66. The van der Waals surface area contributed by atoms with Crippen LogP contribution in [0.4, 0.5) is 17.1 Å². The molecule has 3 nitrogen and oxygen atoms in total. The molecule has 0 bridgehead atoms. The fraction of sp³-hybridized carbons (Fsp3) is 0. The first kappa shape index (κ1) is 40.6. The molecule has 0 atom stereocenters. The Balaban J connectivity index is 0.941. The summed E-state index contributed by atoms with van der Waals surface area (Å²) < 4.78 is 9.04. The van der Waals surface area contributed by atoms with E-state index >= 15 is 0 Å². The maximum atomic E-state index is 6.61. The number of furan rings is 1. The number of hydrogen-bond donors (Lipinski definition) is 0. The number of hydrogen-bond acceptors (Lipinski definition) is 2. The molecule has 0 aliphatic heterocycles. The van der Waals surface area contributed by atoms with Gasteiger partial charge in [-0.05, 0) is 110 Å². The fourth-order valence-corrected chi connectivity index (χ4v) is 11.2. The predicted molar refractivity (Wildman–Crippen MR) is 299 cm³/mol. The molecule has 332 valence electrons. The summed E-state index contributed by atoms with van der Waals surface area (Å²) in [5, 5.41) is 9.66. The summed E-state index contributed by atoms with van der Waals surface area (Å²) in [5.41, 5.74) is 17.6. The van der Waals surface area contributed by atoms with Crippen LogP contribution in [0, 0.1) is 0 Å². The highest BCUT2D eigenvalue weighted by Crippen LogP contribution is 2.47. The van der Waals surface area contributed by atoms with Gasteiger partial charge in [0.1, 0.15) is 11.2 Å². The molecule has 0 saturated heterocycles. The zero-order valence-corrected chi connectivity index (χ0v) is 38.7. The Kier molecular flexibility index (Phi) is 9.53. The molecule has 0 aliphatic rings. The summed E-state index contributed by atoms with van der Waals surface area (Å²) >= 11 is 0. The topological polar surface area (TPSA) is 21.3 Å².